The van der Waals surface area contributed by atoms with Crippen molar-refractivity contribution in [3.8, 4) is 5.75 Å². The lowest BCUT2D eigenvalue weighted by atomic mass is 9.99. The van der Waals surface area contributed by atoms with Crippen molar-refractivity contribution in [2.75, 3.05) is 19.7 Å². The minimum Gasteiger partial charge on any atom is -0.486 e. The zero-order valence-corrected chi connectivity index (χ0v) is 15.7. The molecule has 3 heterocycles. The molecule has 1 aromatic heterocycles. The third-order valence-corrected chi connectivity index (χ3v) is 5.40. The second-order valence-electron chi connectivity index (χ2n) is 7.54. The van der Waals surface area contributed by atoms with Gasteiger partial charge in [0.25, 0.3) is 0 Å². The van der Waals surface area contributed by atoms with Crippen molar-refractivity contribution in [2.24, 2.45) is 5.92 Å². The van der Waals surface area contributed by atoms with Crippen molar-refractivity contribution >= 4 is 6.09 Å². The molecular formula is C21H24N2O5. The second kappa shape index (κ2) is 8.06. The number of rotatable bonds is 5. The number of benzene rings is 1. The molecule has 7 heteroatoms. The Morgan fingerprint density at radius 3 is 2.68 bits per heavy atom. The van der Waals surface area contributed by atoms with E-state index in [1.807, 2.05) is 12.1 Å². The highest BCUT2D eigenvalue weighted by molar-refractivity contribution is 5.65. The van der Waals surface area contributed by atoms with Gasteiger partial charge in [0.15, 0.2) is 0 Å². The average molecular weight is 384 g/mol. The Bertz CT molecular complexity index is 885. The van der Waals surface area contributed by atoms with E-state index >= 15 is 0 Å². The SMILES string of the molecule is O=C(O)N1CCC[C@H](COc2coc(CN3Cc4ccccc4C3)cc2=O)C1. The molecule has 1 aromatic carbocycles. The molecule has 28 heavy (non-hydrogen) atoms. The lowest BCUT2D eigenvalue weighted by Gasteiger charge is -2.30. The predicted octanol–water partition coefficient (Wildman–Crippen LogP) is 2.92. The fourth-order valence-electron chi connectivity index (χ4n) is 3.95. The number of ether oxygens (including phenoxy) is 1. The molecule has 1 N–H and O–H groups in total. The van der Waals surface area contributed by atoms with Crippen molar-refractivity contribution in [1.82, 2.24) is 9.80 Å². The molecular weight excluding hydrogens is 360 g/mol. The van der Waals surface area contributed by atoms with Gasteiger partial charge in [-0.2, -0.15) is 0 Å². The summed E-state index contributed by atoms with van der Waals surface area (Å²) in [6.45, 7) is 3.58. The maximum absolute atomic E-state index is 12.4. The first-order valence-electron chi connectivity index (χ1n) is 9.60. The van der Waals surface area contributed by atoms with Crippen LogP contribution in [0, 0.1) is 5.92 Å². The Labute approximate surface area is 163 Å². The second-order valence-corrected chi connectivity index (χ2v) is 7.54. The highest BCUT2D eigenvalue weighted by Crippen LogP contribution is 2.24. The summed E-state index contributed by atoms with van der Waals surface area (Å²) >= 11 is 0. The Morgan fingerprint density at radius 2 is 2.00 bits per heavy atom. The summed E-state index contributed by atoms with van der Waals surface area (Å²) in [4.78, 5) is 27.1. The van der Waals surface area contributed by atoms with Gasteiger partial charge in [-0.25, -0.2) is 4.79 Å². The largest absolute Gasteiger partial charge is 0.486 e. The molecule has 1 fully saturated rings. The minimum absolute atomic E-state index is 0.0898. The van der Waals surface area contributed by atoms with Crippen LogP contribution in [-0.2, 0) is 19.6 Å². The summed E-state index contributed by atoms with van der Waals surface area (Å²) in [6.07, 6.45) is 2.17. The first-order valence-corrected chi connectivity index (χ1v) is 9.60. The normalized spacial score (nSPS) is 19.4. The standard InChI is InChI=1S/C21H24N2O5/c24-19-8-18(12-22-10-16-5-1-2-6-17(16)11-22)27-14-20(19)28-13-15-4-3-7-23(9-15)21(25)26/h1-2,5-6,8,14-15H,3-4,7,9-13H2,(H,25,26)/t15-/m0/s1. The van der Waals surface area contributed by atoms with Crippen LogP contribution in [0.1, 0.15) is 29.7 Å². The van der Waals surface area contributed by atoms with Gasteiger partial charge in [-0.1, -0.05) is 24.3 Å². The van der Waals surface area contributed by atoms with E-state index < -0.39 is 6.09 Å². The van der Waals surface area contributed by atoms with Crippen molar-refractivity contribution in [2.45, 2.75) is 32.5 Å². The van der Waals surface area contributed by atoms with Gasteiger partial charge in [0.2, 0.25) is 11.2 Å². The zero-order chi connectivity index (χ0) is 19.5. The van der Waals surface area contributed by atoms with E-state index in [1.54, 1.807) is 0 Å². The van der Waals surface area contributed by atoms with Gasteiger partial charge >= 0.3 is 6.09 Å². The van der Waals surface area contributed by atoms with Gasteiger partial charge in [-0.15, -0.1) is 0 Å². The van der Waals surface area contributed by atoms with Crippen LogP contribution >= 0.6 is 0 Å². The fraction of sp³-hybridized carbons (Fsp3) is 0.429. The van der Waals surface area contributed by atoms with Crippen LogP contribution in [-0.4, -0.2) is 40.7 Å². The maximum Gasteiger partial charge on any atom is 0.407 e. The number of amides is 1. The fourth-order valence-corrected chi connectivity index (χ4v) is 3.95. The molecule has 4 rings (SSSR count). The van der Waals surface area contributed by atoms with Crippen molar-refractivity contribution < 1.29 is 19.1 Å². The molecule has 0 spiro atoms. The van der Waals surface area contributed by atoms with Crippen LogP contribution in [0.2, 0.25) is 0 Å². The molecule has 0 bridgehead atoms. The number of carboxylic acid groups (broad SMARTS) is 1. The van der Waals surface area contributed by atoms with Crippen LogP contribution in [0.5, 0.6) is 5.75 Å². The lowest BCUT2D eigenvalue weighted by molar-refractivity contribution is 0.104. The van der Waals surface area contributed by atoms with E-state index in [0.717, 1.165) is 25.9 Å². The molecule has 0 saturated carbocycles. The highest BCUT2D eigenvalue weighted by Gasteiger charge is 2.24. The van der Waals surface area contributed by atoms with Crippen LogP contribution in [0.4, 0.5) is 4.79 Å². The van der Waals surface area contributed by atoms with Crippen LogP contribution < -0.4 is 10.2 Å². The summed E-state index contributed by atoms with van der Waals surface area (Å²) in [5, 5.41) is 9.11. The molecule has 7 nitrogen and oxygen atoms in total. The van der Waals surface area contributed by atoms with Gasteiger partial charge in [-0.3, -0.25) is 9.69 Å². The van der Waals surface area contributed by atoms with E-state index in [0.29, 0.717) is 32.0 Å². The Morgan fingerprint density at radius 1 is 1.25 bits per heavy atom. The Balaban J connectivity index is 1.32. The number of nitrogens with zero attached hydrogens (tertiary/aromatic N) is 2. The van der Waals surface area contributed by atoms with Crippen LogP contribution in [0.25, 0.3) is 0 Å². The molecule has 1 atom stereocenters. The molecule has 1 amide bonds. The Hall–Kier alpha value is -2.80. The molecule has 0 radical (unpaired) electrons. The maximum atomic E-state index is 12.4. The number of carbonyl (C=O) groups is 1. The highest BCUT2D eigenvalue weighted by atomic mass is 16.5. The van der Waals surface area contributed by atoms with Gasteiger partial charge in [0, 0.05) is 38.2 Å². The average Bonchev–Trinajstić information content (AvgIpc) is 3.10. The molecule has 2 aliphatic rings. The van der Waals surface area contributed by atoms with Crippen molar-refractivity contribution in [3.63, 3.8) is 0 Å². The quantitative estimate of drug-likeness (QED) is 0.853. The summed E-state index contributed by atoms with van der Waals surface area (Å²) in [6, 6.07) is 9.81. The molecule has 2 aliphatic heterocycles. The number of fused-ring (bicyclic) bond motifs is 1. The van der Waals surface area contributed by atoms with Crippen LogP contribution in [0.3, 0.4) is 0 Å². The topological polar surface area (TPSA) is 83.2 Å². The first kappa shape index (κ1) is 18.6. The van der Waals surface area contributed by atoms with E-state index in [2.05, 4.69) is 17.0 Å². The lowest BCUT2D eigenvalue weighted by Crippen LogP contribution is -2.40. The van der Waals surface area contributed by atoms with E-state index in [1.165, 1.54) is 28.4 Å². The number of hydrogen-bond acceptors (Lipinski definition) is 5. The van der Waals surface area contributed by atoms with Gasteiger partial charge in [0.1, 0.15) is 12.0 Å². The monoisotopic (exact) mass is 384 g/mol. The molecule has 0 aliphatic carbocycles. The molecule has 1 saturated heterocycles. The third-order valence-electron chi connectivity index (χ3n) is 5.40. The summed E-state index contributed by atoms with van der Waals surface area (Å²) in [5.41, 5.74) is 2.42. The smallest absolute Gasteiger partial charge is 0.407 e. The van der Waals surface area contributed by atoms with Crippen LogP contribution in [0.15, 0.2) is 45.8 Å². The predicted molar refractivity (Wildman–Crippen MR) is 102 cm³/mol. The third kappa shape index (κ3) is 4.20. The zero-order valence-electron chi connectivity index (χ0n) is 15.7. The molecule has 0 unspecified atom stereocenters. The van der Waals surface area contributed by atoms with Gasteiger partial charge in [-0.05, 0) is 24.0 Å². The number of likely N-dealkylation sites (tertiary alicyclic amines) is 1. The molecule has 148 valence electrons. The molecule has 2 aromatic rings. The van der Waals surface area contributed by atoms with Gasteiger partial charge < -0.3 is 19.2 Å². The van der Waals surface area contributed by atoms with E-state index in [-0.39, 0.29) is 17.1 Å². The summed E-state index contributed by atoms with van der Waals surface area (Å²) in [7, 11) is 0. The van der Waals surface area contributed by atoms with Crippen molar-refractivity contribution in [3.05, 3.63) is 63.7 Å². The minimum atomic E-state index is -0.905. The number of piperidine rings is 1. The summed E-state index contributed by atoms with van der Waals surface area (Å²) in [5.74, 6) is 0.882. The van der Waals surface area contributed by atoms with Crippen molar-refractivity contribution in [1.29, 1.82) is 0 Å². The van der Waals surface area contributed by atoms with E-state index in [4.69, 9.17) is 14.3 Å². The van der Waals surface area contributed by atoms with Gasteiger partial charge in [0.05, 0.1) is 13.2 Å². The first-order chi connectivity index (χ1) is 13.6. The van der Waals surface area contributed by atoms with E-state index in [9.17, 15) is 9.59 Å². The Kier molecular flexibility index (Phi) is 5.34. The summed E-state index contributed by atoms with van der Waals surface area (Å²) < 4.78 is 11.3. The number of hydrogen-bond donors (Lipinski definition) is 1.